The molecule has 4 rings (SSSR count). The van der Waals surface area contributed by atoms with E-state index in [0.29, 0.717) is 0 Å². The molecule has 1 aromatic carbocycles. The summed E-state index contributed by atoms with van der Waals surface area (Å²) in [5.41, 5.74) is -2.35. The SMILES string of the molecule is O=P(C1=CCCC=C1)(c1ccccc1)P(=S)(C1=CCCC=C1)C1C=CC=CC1. The standard InChI is InChI=1S/C24H26OP2S/c25-26(21-13-5-1-6-14-21,22-15-7-2-8-16-22)27(28,23-17-9-3-10-18-23)24-19-11-4-12-20-24/h1,3,5-7,9-11,13-17,19-20,23H,2,4,8,12,18H2. The Balaban J connectivity index is 1.99. The van der Waals surface area contributed by atoms with E-state index in [2.05, 4.69) is 60.8 Å². The van der Waals surface area contributed by atoms with E-state index in [1.54, 1.807) is 0 Å². The summed E-state index contributed by atoms with van der Waals surface area (Å²) < 4.78 is 15.3. The summed E-state index contributed by atoms with van der Waals surface area (Å²) in [6, 6.07) is 10.0. The highest BCUT2D eigenvalue weighted by Crippen LogP contribution is 2.91. The Hall–Kier alpha value is -1.46. The first-order chi connectivity index (χ1) is 13.7. The minimum absolute atomic E-state index is 0.128. The van der Waals surface area contributed by atoms with Crippen molar-refractivity contribution in [1.82, 2.24) is 0 Å². The van der Waals surface area contributed by atoms with Gasteiger partial charge in [-0.15, -0.1) is 0 Å². The van der Waals surface area contributed by atoms with E-state index in [1.807, 2.05) is 30.3 Å². The predicted molar refractivity (Wildman–Crippen MR) is 128 cm³/mol. The molecule has 0 aromatic heterocycles. The van der Waals surface area contributed by atoms with Gasteiger partial charge in [0.15, 0.2) is 6.83 Å². The highest BCUT2D eigenvalue weighted by molar-refractivity contribution is 8.59. The molecule has 3 aliphatic carbocycles. The number of rotatable bonds is 5. The zero-order valence-corrected chi connectivity index (χ0v) is 18.6. The molecule has 1 aromatic rings. The van der Waals surface area contributed by atoms with Crippen molar-refractivity contribution in [1.29, 1.82) is 0 Å². The van der Waals surface area contributed by atoms with Crippen molar-refractivity contribution < 1.29 is 4.57 Å². The van der Waals surface area contributed by atoms with Crippen molar-refractivity contribution in [3.8, 4) is 0 Å². The molecule has 0 bridgehead atoms. The topological polar surface area (TPSA) is 17.1 Å². The van der Waals surface area contributed by atoms with Gasteiger partial charge < -0.3 is 4.57 Å². The number of hydrogen-bond donors (Lipinski definition) is 0. The lowest BCUT2D eigenvalue weighted by atomic mass is 10.2. The van der Waals surface area contributed by atoms with E-state index >= 15 is 4.57 Å². The van der Waals surface area contributed by atoms with Crippen molar-refractivity contribution in [2.45, 2.75) is 37.8 Å². The van der Waals surface area contributed by atoms with Gasteiger partial charge in [0.05, 0.1) is 5.73 Å². The smallest absolute Gasteiger partial charge is 0.176 e. The molecular weight excluding hydrogens is 398 g/mol. The summed E-state index contributed by atoms with van der Waals surface area (Å²) >= 11 is 6.61. The van der Waals surface area contributed by atoms with Gasteiger partial charge >= 0.3 is 0 Å². The second-order valence-corrected chi connectivity index (χ2v) is 18.1. The predicted octanol–water partition coefficient (Wildman–Crippen LogP) is 7.42. The molecule has 0 amide bonds. The minimum Gasteiger partial charge on any atom is -0.308 e. The third-order valence-electron chi connectivity index (χ3n) is 5.60. The largest absolute Gasteiger partial charge is 0.308 e. The Bertz CT molecular complexity index is 1010. The maximum absolute atomic E-state index is 15.3. The zero-order valence-electron chi connectivity index (χ0n) is 16.0. The molecule has 0 saturated carbocycles. The summed E-state index contributed by atoms with van der Waals surface area (Å²) in [7, 11) is 0. The molecule has 4 heteroatoms. The van der Waals surface area contributed by atoms with Crippen LogP contribution in [0.25, 0.3) is 0 Å². The molecular formula is C24H26OP2S. The van der Waals surface area contributed by atoms with E-state index in [9.17, 15) is 0 Å². The van der Waals surface area contributed by atoms with Crippen molar-refractivity contribution in [3.63, 3.8) is 0 Å². The first-order valence-corrected chi connectivity index (χ1v) is 15.3. The molecule has 0 spiro atoms. The Labute approximate surface area is 173 Å². The number of benzene rings is 1. The highest BCUT2D eigenvalue weighted by atomic mass is 32.6. The molecule has 0 saturated heterocycles. The van der Waals surface area contributed by atoms with Gasteiger partial charge in [-0.05, 0) is 37.4 Å². The second-order valence-electron chi connectivity index (χ2n) is 7.37. The molecule has 0 heterocycles. The van der Waals surface area contributed by atoms with Gasteiger partial charge in [0, 0.05) is 16.3 Å². The van der Waals surface area contributed by atoms with Gasteiger partial charge in [-0.1, -0.05) is 103 Å². The summed E-state index contributed by atoms with van der Waals surface area (Å²) in [6.45, 7) is -3.01. The van der Waals surface area contributed by atoms with Gasteiger partial charge in [0.1, 0.15) is 0 Å². The van der Waals surface area contributed by atoms with Crippen molar-refractivity contribution in [3.05, 3.63) is 102 Å². The Morgan fingerprint density at radius 2 is 1.50 bits per heavy atom. The lowest BCUT2D eigenvalue weighted by molar-refractivity contribution is 0.593. The van der Waals surface area contributed by atoms with Crippen molar-refractivity contribution in [2.24, 2.45) is 0 Å². The molecule has 3 atom stereocenters. The summed E-state index contributed by atoms with van der Waals surface area (Å²) in [5, 5.41) is 3.04. The monoisotopic (exact) mass is 424 g/mol. The summed E-state index contributed by atoms with van der Waals surface area (Å²) in [4.78, 5) is 0. The van der Waals surface area contributed by atoms with Crippen LogP contribution in [-0.2, 0) is 16.4 Å². The minimum atomic E-state index is -3.01. The van der Waals surface area contributed by atoms with Crippen LogP contribution < -0.4 is 5.30 Å². The van der Waals surface area contributed by atoms with Crippen LogP contribution in [0.5, 0.6) is 0 Å². The van der Waals surface area contributed by atoms with E-state index in [0.717, 1.165) is 48.0 Å². The maximum Gasteiger partial charge on any atom is 0.176 e. The van der Waals surface area contributed by atoms with E-state index in [1.165, 1.54) is 0 Å². The van der Waals surface area contributed by atoms with Gasteiger partial charge in [-0.25, -0.2) is 0 Å². The maximum atomic E-state index is 15.3. The molecule has 3 aliphatic rings. The Kier molecular flexibility index (Phi) is 6.02. The molecule has 0 radical (unpaired) electrons. The van der Waals surface area contributed by atoms with Gasteiger partial charge in [-0.3, -0.25) is 0 Å². The van der Waals surface area contributed by atoms with Crippen LogP contribution >= 0.6 is 12.6 Å². The molecule has 28 heavy (non-hydrogen) atoms. The van der Waals surface area contributed by atoms with Crippen LogP contribution in [0, 0.1) is 0 Å². The van der Waals surface area contributed by atoms with E-state index in [4.69, 9.17) is 11.8 Å². The Morgan fingerprint density at radius 3 is 2.07 bits per heavy atom. The van der Waals surface area contributed by atoms with Crippen molar-refractivity contribution in [2.75, 3.05) is 0 Å². The first kappa shape index (κ1) is 19.8. The third kappa shape index (κ3) is 3.37. The highest BCUT2D eigenvalue weighted by Gasteiger charge is 2.48. The fourth-order valence-electron chi connectivity index (χ4n) is 4.17. The number of allylic oxidation sites excluding steroid dienone is 12. The molecule has 144 valence electrons. The molecule has 1 nitrogen and oxygen atoms in total. The van der Waals surface area contributed by atoms with Crippen LogP contribution in [0.3, 0.4) is 0 Å². The fourth-order valence-corrected chi connectivity index (χ4v) is 17.7. The zero-order chi connectivity index (χ0) is 19.5. The van der Waals surface area contributed by atoms with Gasteiger partial charge in [0.25, 0.3) is 0 Å². The summed E-state index contributed by atoms with van der Waals surface area (Å²) in [6.07, 6.45) is 26.5. The third-order valence-corrected chi connectivity index (χ3v) is 19.8. The number of hydrogen-bond acceptors (Lipinski definition) is 2. The average Bonchev–Trinajstić information content (AvgIpc) is 2.80. The van der Waals surface area contributed by atoms with Crippen molar-refractivity contribution >= 4 is 29.7 Å². The molecule has 0 aliphatic heterocycles. The summed E-state index contributed by atoms with van der Waals surface area (Å²) in [5.74, 6) is 0. The van der Waals surface area contributed by atoms with Crippen LogP contribution in [0.15, 0.2) is 102 Å². The van der Waals surface area contributed by atoms with Crippen LogP contribution in [0.1, 0.15) is 32.1 Å². The van der Waals surface area contributed by atoms with E-state index < -0.39 is 12.6 Å². The lowest BCUT2D eigenvalue weighted by Crippen LogP contribution is -2.16. The normalized spacial score (nSPS) is 25.5. The molecule has 3 unspecified atom stereocenters. The molecule has 0 N–H and O–H groups in total. The quantitative estimate of drug-likeness (QED) is 0.458. The van der Waals surface area contributed by atoms with E-state index in [-0.39, 0.29) is 5.66 Å². The fraction of sp³-hybridized carbons (Fsp3) is 0.250. The average molecular weight is 424 g/mol. The van der Waals surface area contributed by atoms with Gasteiger partial charge in [0.2, 0.25) is 0 Å². The van der Waals surface area contributed by atoms with Crippen LogP contribution in [0.4, 0.5) is 0 Å². The van der Waals surface area contributed by atoms with Crippen LogP contribution in [-0.4, -0.2) is 5.66 Å². The lowest BCUT2D eigenvalue weighted by Gasteiger charge is -2.40. The first-order valence-electron chi connectivity index (χ1n) is 10.0. The second kappa shape index (κ2) is 8.50. The van der Waals surface area contributed by atoms with Gasteiger partial charge in [-0.2, -0.15) is 0 Å². The Morgan fingerprint density at radius 1 is 0.821 bits per heavy atom. The molecule has 0 fully saturated rings. The van der Waals surface area contributed by atoms with Crippen LogP contribution in [0.2, 0.25) is 0 Å².